The van der Waals surface area contributed by atoms with E-state index in [-0.39, 0.29) is 29.4 Å². The Bertz CT molecular complexity index is 2050. The number of pyridine rings is 1. The molecule has 5 aromatic rings. The van der Waals surface area contributed by atoms with Gasteiger partial charge in [-0.1, -0.05) is 24.3 Å². The van der Waals surface area contributed by atoms with Crippen LogP contribution in [0.5, 0.6) is 5.75 Å². The smallest absolute Gasteiger partial charge is 0.349 e. The van der Waals surface area contributed by atoms with Crippen molar-refractivity contribution in [2.75, 3.05) is 38.0 Å². The Kier molecular flexibility index (Phi) is 11.1. The van der Waals surface area contributed by atoms with Crippen LogP contribution in [-0.4, -0.2) is 70.0 Å². The van der Waals surface area contributed by atoms with Crippen LogP contribution in [0.2, 0.25) is 0 Å². The number of aliphatic hydroxyl groups excluding tert-OH is 1. The van der Waals surface area contributed by atoms with Gasteiger partial charge in [0, 0.05) is 31.1 Å². The lowest BCUT2D eigenvalue weighted by molar-refractivity contribution is -0.181. The zero-order valence-corrected chi connectivity index (χ0v) is 30.8. The van der Waals surface area contributed by atoms with Gasteiger partial charge in [0.05, 0.1) is 27.1 Å². The van der Waals surface area contributed by atoms with E-state index < -0.39 is 17.7 Å². The van der Waals surface area contributed by atoms with Crippen molar-refractivity contribution in [1.29, 1.82) is 5.53 Å². The number of thiophene rings is 2. The molecule has 1 saturated heterocycles. The third kappa shape index (κ3) is 7.93. The number of H-pyrrole nitrogens is 1. The SMILES string of the molecule is N=Nc1cc(CNC[C@H](O)c2ccc(O)c3[nH]c(=O)ccc23)ccc1NCCCN1CCC2(CC1)CC(OC(=O)C(O)(c1cccs1)c1cccs1)C2. The van der Waals surface area contributed by atoms with Gasteiger partial charge >= 0.3 is 5.97 Å². The zero-order valence-electron chi connectivity index (χ0n) is 29.2. The Balaban J connectivity index is 0.821. The summed E-state index contributed by atoms with van der Waals surface area (Å²) in [7, 11) is 0. The fraction of sp³-hybridized carbons (Fsp3) is 0.385. The Hall–Kier alpha value is -4.44. The van der Waals surface area contributed by atoms with Gasteiger partial charge in [0.15, 0.2) is 0 Å². The molecule has 0 unspecified atom stereocenters. The second-order valence-electron chi connectivity index (χ2n) is 14.1. The Morgan fingerprint density at radius 2 is 1.81 bits per heavy atom. The number of nitrogens with one attached hydrogen (secondary N) is 4. The molecule has 278 valence electrons. The maximum Gasteiger partial charge on any atom is 0.349 e. The zero-order chi connectivity index (χ0) is 37.0. The van der Waals surface area contributed by atoms with E-state index in [0.29, 0.717) is 38.5 Å². The topological polar surface area (TPSA) is 183 Å². The number of ether oxygens (including phenoxy) is 1. The summed E-state index contributed by atoms with van der Waals surface area (Å²) in [5.41, 5.74) is 8.98. The molecule has 14 heteroatoms. The van der Waals surface area contributed by atoms with Gasteiger partial charge in [-0.2, -0.15) is 5.11 Å². The van der Waals surface area contributed by atoms with Crippen LogP contribution >= 0.6 is 22.7 Å². The van der Waals surface area contributed by atoms with E-state index in [0.717, 1.165) is 69.5 Å². The lowest BCUT2D eigenvalue weighted by atomic mass is 9.61. The predicted octanol–water partition coefficient (Wildman–Crippen LogP) is 6.37. The lowest BCUT2D eigenvalue weighted by Gasteiger charge is -2.51. The number of carbonyl (C=O) groups excluding carboxylic acids is 1. The van der Waals surface area contributed by atoms with Gasteiger partial charge < -0.3 is 40.6 Å². The number of hydrogen-bond acceptors (Lipinski definition) is 13. The highest BCUT2D eigenvalue weighted by molar-refractivity contribution is 7.12. The van der Waals surface area contributed by atoms with Crippen molar-refractivity contribution in [1.82, 2.24) is 15.2 Å². The second-order valence-corrected chi connectivity index (χ2v) is 16.0. The number of phenolic OH excluding ortho intramolecular Hbond substituents is 1. The molecule has 0 bridgehead atoms. The molecule has 3 aromatic heterocycles. The molecular formula is C39H44N6O6S2. The van der Waals surface area contributed by atoms with E-state index in [1.165, 1.54) is 34.8 Å². The Labute approximate surface area is 315 Å². The van der Waals surface area contributed by atoms with E-state index in [9.17, 15) is 24.9 Å². The first-order chi connectivity index (χ1) is 25.7. The average molecular weight is 757 g/mol. The summed E-state index contributed by atoms with van der Waals surface area (Å²) in [6.07, 6.45) is 3.70. The number of carbonyl (C=O) groups is 1. The maximum absolute atomic E-state index is 13.3. The van der Waals surface area contributed by atoms with Crippen LogP contribution in [0.4, 0.5) is 11.4 Å². The molecule has 1 spiro atoms. The molecule has 0 radical (unpaired) electrons. The maximum atomic E-state index is 13.3. The largest absolute Gasteiger partial charge is 0.506 e. The van der Waals surface area contributed by atoms with Crippen LogP contribution in [0.1, 0.15) is 59.1 Å². The number of hydrogen-bond donors (Lipinski definition) is 7. The quantitative estimate of drug-likeness (QED) is 0.0363. The third-order valence-electron chi connectivity index (χ3n) is 10.6. The monoisotopic (exact) mass is 756 g/mol. The Morgan fingerprint density at radius 3 is 2.49 bits per heavy atom. The summed E-state index contributed by atoms with van der Waals surface area (Å²) >= 11 is 2.71. The molecule has 4 heterocycles. The third-order valence-corrected chi connectivity index (χ3v) is 12.6. The normalized spacial score (nSPS) is 16.7. The molecule has 2 aliphatic rings. The molecule has 1 saturated carbocycles. The molecule has 1 aliphatic heterocycles. The molecule has 7 rings (SSSR count). The van der Waals surface area contributed by atoms with Crippen molar-refractivity contribution < 1.29 is 24.9 Å². The van der Waals surface area contributed by atoms with E-state index in [1.54, 1.807) is 24.3 Å². The minimum absolute atomic E-state index is 0.0526. The van der Waals surface area contributed by atoms with Crippen LogP contribution < -0.4 is 16.2 Å². The predicted molar refractivity (Wildman–Crippen MR) is 206 cm³/mol. The summed E-state index contributed by atoms with van der Waals surface area (Å²) in [4.78, 5) is 31.3. The summed E-state index contributed by atoms with van der Waals surface area (Å²) in [5, 5.41) is 47.2. The van der Waals surface area contributed by atoms with Gasteiger partial charge in [-0.3, -0.25) is 4.79 Å². The standard InChI is InChI=1S/C39H44N6O6S2/c40-44-30-20-25(23-41-24-32(47)27-7-10-31(46)36-28(27)8-11-35(48)43-36)6-9-29(30)42-14-3-15-45-16-12-38(13-17-45)21-26(22-38)51-37(49)39(50,33-4-1-18-52-33)34-5-2-19-53-34/h1-2,4-11,18-20,26,32,40-42,46-47,50H,3,12-17,21-24H2,(H,43,48)/t32-/m0/s1. The molecule has 2 fully saturated rings. The number of anilines is 1. The Morgan fingerprint density at radius 1 is 1.08 bits per heavy atom. The van der Waals surface area contributed by atoms with E-state index in [2.05, 4.69) is 25.6 Å². The van der Waals surface area contributed by atoms with Gasteiger partial charge in [-0.25, -0.2) is 10.3 Å². The van der Waals surface area contributed by atoms with Crippen molar-refractivity contribution in [2.24, 2.45) is 10.5 Å². The number of aromatic hydroxyl groups is 1. The molecule has 2 aromatic carbocycles. The molecule has 12 nitrogen and oxygen atoms in total. The van der Waals surface area contributed by atoms with E-state index >= 15 is 0 Å². The molecular weight excluding hydrogens is 713 g/mol. The van der Waals surface area contributed by atoms with Gasteiger partial charge in [-0.15, -0.1) is 22.7 Å². The number of phenols is 1. The first kappa shape index (κ1) is 36.9. The van der Waals surface area contributed by atoms with E-state index in [4.69, 9.17) is 10.3 Å². The molecule has 7 N–H and O–H groups in total. The lowest BCUT2D eigenvalue weighted by Crippen LogP contribution is -2.52. The first-order valence-corrected chi connectivity index (χ1v) is 19.7. The number of aliphatic hydroxyl groups is 2. The number of nitrogens with zero attached hydrogens (tertiary/aromatic N) is 2. The van der Waals surface area contributed by atoms with Crippen molar-refractivity contribution in [3.8, 4) is 5.75 Å². The van der Waals surface area contributed by atoms with E-state index in [1.807, 2.05) is 41.1 Å². The number of fused-ring (bicyclic) bond motifs is 1. The number of aromatic amines is 1. The van der Waals surface area contributed by atoms with Crippen LogP contribution in [0.3, 0.4) is 0 Å². The number of benzene rings is 2. The highest BCUT2D eigenvalue weighted by atomic mass is 32.1. The second kappa shape index (κ2) is 15.9. The van der Waals surface area contributed by atoms with Crippen LogP contribution in [0, 0.1) is 10.9 Å². The fourth-order valence-electron chi connectivity index (χ4n) is 7.64. The highest BCUT2D eigenvalue weighted by Gasteiger charge is 2.51. The van der Waals surface area contributed by atoms with Crippen molar-refractivity contribution in [3.63, 3.8) is 0 Å². The van der Waals surface area contributed by atoms with Crippen LogP contribution in [-0.2, 0) is 21.7 Å². The minimum Gasteiger partial charge on any atom is -0.506 e. The number of rotatable bonds is 15. The fourth-order valence-corrected chi connectivity index (χ4v) is 9.36. The summed E-state index contributed by atoms with van der Waals surface area (Å²) in [6, 6.07) is 19.1. The summed E-state index contributed by atoms with van der Waals surface area (Å²) in [5.74, 6) is -0.639. The highest BCUT2D eigenvalue weighted by Crippen LogP contribution is 2.51. The molecule has 1 atom stereocenters. The summed E-state index contributed by atoms with van der Waals surface area (Å²) in [6.45, 7) is 4.41. The van der Waals surface area contributed by atoms with Gasteiger partial charge in [0.2, 0.25) is 11.2 Å². The minimum atomic E-state index is -1.76. The summed E-state index contributed by atoms with van der Waals surface area (Å²) < 4.78 is 5.92. The van der Waals surface area contributed by atoms with Crippen molar-refractivity contribution in [2.45, 2.75) is 56.5 Å². The molecule has 53 heavy (non-hydrogen) atoms. The molecule has 1 aliphatic carbocycles. The van der Waals surface area contributed by atoms with Gasteiger partial charge in [-0.05, 0) is 115 Å². The molecule has 0 amide bonds. The first-order valence-electron chi connectivity index (χ1n) is 17.9. The van der Waals surface area contributed by atoms with Crippen LogP contribution in [0.25, 0.3) is 10.9 Å². The number of aromatic nitrogens is 1. The van der Waals surface area contributed by atoms with Crippen molar-refractivity contribution >= 4 is 50.9 Å². The van der Waals surface area contributed by atoms with Crippen molar-refractivity contribution in [3.05, 3.63) is 109 Å². The van der Waals surface area contributed by atoms with Gasteiger partial charge in [0.1, 0.15) is 17.5 Å². The number of likely N-dealkylation sites (tertiary alicyclic amines) is 1. The number of piperidine rings is 1. The van der Waals surface area contributed by atoms with Gasteiger partial charge in [0.25, 0.3) is 0 Å². The number of esters is 1. The van der Waals surface area contributed by atoms with Crippen LogP contribution in [0.15, 0.2) is 87.4 Å². The average Bonchev–Trinajstić information content (AvgIpc) is 3.90.